The first-order valence-corrected chi connectivity index (χ1v) is 9.53. The summed E-state index contributed by atoms with van der Waals surface area (Å²) in [5.74, 6) is -0.556. The number of hydrogen-bond acceptors (Lipinski definition) is 6. The second kappa shape index (κ2) is 9.30. The van der Waals surface area contributed by atoms with Crippen LogP contribution >= 0.6 is 0 Å². The Morgan fingerprint density at radius 2 is 1.80 bits per heavy atom. The highest BCUT2D eigenvalue weighted by Crippen LogP contribution is 2.32. The van der Waals surface area contributed by atoms with Crippen LogP contribution in [0.4, 0.5) is 0 Å². The Morgan fingerprint density at radius 3 is 2.57 bits per heavy atom. The highest BCUT2D eigenvalue weighted by Gasteiger charge is 2.17. The Bertz CT molecular complexity index is 972. The van der Waals surface area contributed by atoms with Crippen LogP contribution in [0.25, 0.3) is 0 Å². The number of rotatable bonds is 7. The van der Waals surface area contributed by atoms with Gasteiger partial charge in [0.1, 0.15) is 6.54 Å². The molecule has 30 heavy (non-hydrogen) atoms. The van der Waals surface area contributed by atoms with E-state index in [4.69, 9.17) is 14.2 Å². The normalized spacial score (nSPS) is 12.8. The third kappa shape index (κ3) is 5.28. The molecule has 2 aromatic carbocycles. The lowest BCUT2D eigenvalue weighted by molar-refractivity contribution is -0.147. The molecule has 158 valence electrons. The van der Waals surface area contributed by atoms with E-state index in [2.05, 4.69) is 10.6 Å². The molecule has 1 aliphatic rings. The van der Waals surface area contributed by atoms with E-state index in [0.717, 1.165) is 11.1 Å². The van der Waals surface area contributed by atoms with Gasteiger partial charge in [0.2, 0.25) is 6.79 Å². The van der Waals surface area contributed by atoms with Crippen LogP contribution in [0.2, 0.25) is 0 Å². The third-order valence-electron chi connectivity index (χ3n) is 4.80. The molecule has 1 atom stereocenters. The molecule has 2 N–H and O–H groups in total. The van der Waals surface area contributed by atoms with Gasteiger partial charge in [0.25, 0.3) is 11.8 Å². The second-order valence-corrected chi connectivity index (χ2v) is 7.04. The van der Waals surface area contributed by atoms with E-state index in [1.807, 2.05) is 39.0 Å². The molecule has 2 amide bonds. The summed E-state index contributed by atoms with van der Waals surface area (Å²) in [5, 5.41) is 5.23. The molecule has 3 rings (SSSR count). The van der Waals surface area contributed by atoms with E-state index in [9.17, 15) is 14.4 Å². The van der Waals surface area contributed by atoms with Crippen LogP contribution < -0.4 is 20.1 Å². The molecule has 1 heterocycles. The fourth-order valence-corrected chi connectivity index (χ4v) is 2.89. The number of fused-ring (bicyclic) bond motifs is 1. The van der Waals surface area contributed by atoms with Gasteiger partial charge >= 0.3 is 5.97 Å². The molecule has 8 heteroatoms. The lowest BCUT2D eigenvalue weighted by atomic mass is 10.0. The number of nitrogens with one attached hydrogen (secondary N) is 2. The van der Waals surface area contributed by atoms with E-state index in [1.54, 1.807) is 12.1 Å². The zero-order valence-corrected chi connectivity index (χ0v) is 17.1. The molecular formula is C22H24N2O6. The van der Waals surface area contributed by atoms with Crippen molar-refractivity contribution in [3.63, 3.8) is 0 Å². The van der Waals surface area contributed by atoms with Crippen molar-refractivity contribution < 1.29 is 28.6 Å². The summed E-state index contributed by atoms with van der Waals surface area (Å²) >= 11 is 0. The van der Waals surface area contributed by atoms with Crippen LogP contribution in [-0.2, 0) is 14.3 Å². The maximum atomic E-state index is 12.1. The summed E-state index contributed by atoms with van der Waals surface area (Å²) in [7, 11) is 0. The monoisotopic (exact) mass is 412 g/mol. The van der Waals surface area contributed by atoms with Gasteiger partial charge in [-0.1, -0.05) is 18.2 Å². The van der Waals surface area contributed by atoms with Crippen LogP contribution in [0.1, 0.15) is 40.0 Å². The van der Waals surface area contributed by atoms with E-state index in [-0.39, 0.29) is 19.4 Å². The average molecular weight is 412 g/mol. The largest absolute Gasteiger partial charge is 0.454 e. The van der Waals surface area contributed by atoms with E-state index in [0.29, 0.717) is 17.1 Å². The molecule has 2 aromatic rings. The SMILES string of the molecule is Cc1ccc([C@@H](C)NC(=O)COC(=O)CNC(=O)c2ccc3c(c2)OCO3)cc1C. The molecule has 0 saturated heterocycles. The number of aryl methyl sites for hydroxylation is 2. The Labute approximate surface area is 174 Å². The Kier molecular flexibility index (Phi) is 6.56. The second-order valence-electron chi connectivity index (χ2n) is 7.04. The van der Waals surface area contributed by atoms with Gasteiger partial charge in [-0.2, -0.15) is 0 Å². The van der Waals surface area contributed by atoms with Crippen LogP contribution in [0.5, 0.6) is 11.5 Å². The highest BCUT2D eigenvalue weighted by atomic mass is 16.7. The molecule has 0 bridgehead atoms. The van der Waals surface area contributed by atoms with Crippen molar-refractivity contribution >= 4 is 17.8 Å². The number of hydrogen-bond donors (Lipinski definition) is 2. The number of amides is 2. The molecule has 0 aliphatic carbocycles. The van der Waals surface area contributed by atoms with Crippen molar-refractivity contribution in [2.45, 2.75) is 26.8 Å². The quantitative estimate of drug-likeness (QED) is 0.676. The number of carbonyl (C=O) groups is 3. The molecular weight excluding hydrogens is 388 g/mol. The summed E-state index contributed by atoms with van der Waals surface area (Å²) in [4.78, 5) is 36.0. The van der Waals surface area contributed by atoms with Crippen molar-refractivity contribution in [2.75, 3.05) is 19.9 Å². The minimum atomic E-state index is -0.710. The van der Waals surface area contributed by atoms with Crippen molar-refractivity contribution in [3.8, 4) is 11.5 Å². The van der Waals surface area contributed by atoms with Crippen molar-refractivity contribution in [2.24, 2.45) is 0 Å². The van der Waals surface area contributed by atoms with Gasteiger partial charge in [0, 0.05) is 5.56 Å². The lowest BCUT2D eigenvalue weighted by Crippen LogP contribution is -2.34. The van der Waals surface area contributed by atoms with Gasteiger partial charge < -0.3 is 24.8 Å². The first kappa shape index (κ1) is 21.2. The van der Waals surface area contributed by atoms with Gasteiger partial charge in [-0.05, 0) is 55.7 Å². The smallest absolute Gasteiger partial charge is 0.325 e. The number of carbonyl (C=O) groups excluding carboxylic acids is 3. The molecule has 0 aromatic heterocycles. The average Bonchev–Trinajstić information content (AvgIpc) is 3.20. The fraction of sp³-hybridized carbons (Fsp3) is 0.318. The summed E-state index contributed by atoms with van der Waals surface area (Å²) in [5.41, 5.74) is 3.60. The summed E-state index contributed by atoms with van der Waals surface area (Å²) < 4.78 is 15.3. The Morgan fingerprint density at radius 1 is 1.03 bits per heavy atom. The zero-order chi connectivity index (χ0) is 21.7. The minimum absolute atomic E-state index is 0.108. The van der Waals surface area contributed by atoms with Gasteiger partial charge in [-0.3, -0.25) is 14.4 Å². The fourth-order valence-electron chi connectivity index (χ4n) is 2.89. The van der Waals surface area contributed by atoms with Crippen LogP contribution in [0.15, 0.2) is 36.4 Å². The van der Waals surface area contributed by atoms with Crippen molar-refractivity contribution in [3.05, 3.63) is 58.7 Å². The van der Waals surface area contributed by atoms with E-state index < -0.39 is 24.4 Å². The number of esters is 1. The summed E-state index contributed by atoms with van der Waals surface area (Å²) in [6, 6.07) is 10.5. The topological polar surface area (TPSA) is 103 Å². The molecule has 0 spiro atoms. The van der Waals surface area contributed by atoms with Crippen LogP contribution in [0, 0.1) is 13.8 Å². The van der Waals surface area contributed by atoms with Gasteiger partial charge in [-0.25, -0.2) is 0 Å². The van der Waals surface area contributed by atoms with Crippen LogP contribution in [-0.4, -0.2) is 37.7 Å². The predicted molar refractivity (Wildman–Crippen MR) is 108 cm³/mol. The molecule has 0 saturated carbocycles. The molecule has 8 nitrogen and oxygen atoms in total. The van der Waals surface area contributed by atoms with Gasteiger partial charge in [0.05, 0.1) is 6.04 Å². The summed E-state index contributed by atoms with van der Waals surface area (Å²) in [6.07, 6.45) is 0. The van der Waals surface area contributed by atoms with Crippen molar-refractivity contribution in [1.82, 2.24) is 10.6 Å². The first-order valence-electron chi connectivity index (χ1n) is 9.53. The number of ether oxygens (including phenoxy) is 3. The number of benzene rings is 2. The maximum absolute atomic E-state index is 12.1. The van der Waals surface area contributed by atoms with Crippen LogP contribution in [0.3, 0.4) is 0 Å². The van der Waals surface area contributed by atoms with Crippen molar-refractivity contribution in [1.29, 1.82) is 0 Å². The predicted octanol–water partition coefficient (Wildman–Crippen LogP) is 2.18. The Balaban J connectivity index is 1.41. The van der Waals surface area contributed by atoms with Gasteiger partial charge in [-0.15, -0.1) is 0 Å². The van der Waals surface area contributed by atoms with E-state index in [1.165, 1.54) is 11.6 Å². The molecule has 0 radical (unpaired) electrons. The first-order chi connectivity index (χ1) is 14.3. The third-order valence-corrected chi connectivity index (χ3v) is 4.80. The maximum Gasteiger partial charge on any atom is 0.325 e. The minimum Gasteiger partial charge on any atom is -0.454 e. The standard InChI is InChI=1S/C22H24N2O6/c1-13-4-5-16(8-14(13)2)15(3)24-20(25)11-28-21(26)10-23-22(27)17-6-7-18-19(9-17)30-12-29-18/h4-9,15H,10-12H2,1-3H3,(H,23,27)(H,24,25)/t15-/m1/s1. The zero-order valence-electron chi connectivity index (χ0n) is 17.1. The summed E-state index contributed by atoms with van der Waals surface area (Å²) in [6.45, 7) is 5.22. The Hall–Kier alpha value is -3.55. The lowest BCUT2D eigenvalue weighted by Gasteiger charge is -2.16. The molecule has 0 fully saturated rings. The van der Waals surface area contributed by atoms with Gasteiger partial charge in [0.15, 0.2) is 18.1 Å². The van der Waals surface area contributed by atoms with E-state index >= 15 is 0 Å². The molecule has 1 aliphatic heterocycles. The highest BCUT2D eigenvalue weighted by molar-refractivity contribution is 5.96. The molecule has 0 unspecified atom stereocenters.